The maximum absolute atomic E-state index is 5.20. The molecule has 0 aromatic carbocycles. The molecule has 0 amide bonds. The van der Waals surface area contributed by atoms with Gasteiger partial charge in [0.1, 0.15) is 5.76 Å². The average molecular weight is 476 g/mol. The van der Waals surface area contributed by atoms with Crippen LogP contribution in [-0.4, -0.2) is 30.2 Å². The van der Waals surface area contributed by atoms with Gasteiger partial charge in [-0.25, -0.2) is 0 Å². The zero-order valence-corrected chi connectivity index (χ0v) is 18.8. The van der Waals surface area contributed by atoms with E-state index in [0.717, 1.165) is 42.4 Å². The van der Waals surface area contributed by atoms with Gasteiger partial charge in [0.05, 0.1) is 5.69 Å². The molecule has 0 aliphatic rings. The van der Waals surface area contributed by atoms with Crippen LogP contribution < -0.4 is 10.6 Å². The molecular weight excluding hydrogens is 447 g/mol. The molecule has 0 spiro atoms. The highest BCUT2D eigenvalue weighted by atomic mass is 127. The van der Waals surface area contributed by atoms with Gasteiger partial charge in [-0.15, -0.1) is 35.3 Å². The molecule has 1 atom stereocenters. The molecule has 2 rings (SSSR count). The Balaban J connectivity index is 0.00000312. The van der Waals surface area contributed by atoms with Crippen LogP contribution in [0.25, 0.3) is 0 Å². The number of halogens is 1. The maximum Gasteiger partial charge on any atom is 0.191 e. The van der Waals surface area contributed by atoms with E-state index in [1.165, 1.54) is 9.75 Å². The highest BCUT2D eigenvalue weighted by molar-refractivity contribution is 14.0. The third-order valence-corrected chi connectivity index (χ3v) is 4.87. The standard InChI is InChI=1S/C18H28N4OS.HI/c1-6-19-18(20-10-9-17-14(4)22-23-15(17)5)21-12(2)11-16-8-7-13(3)24-16;/h7-8,12H,6,9-11H2,1-5H3,(H2,19,20,21);1H. The SMILES string of the molecule is CCNC(=NCCc1c(C)noc1C)NC(C)Cc1ccc(C)s1.I. The van der Waals surface area contributed by atoms with Crippen molar-refractivity contribution in [1.29, 1.82) is 0 Å². The molecule has 2 aromatic heterocycles. The lowest BCUT2D eigenvalue weighted by Crippen LogP contribution is -2.43. The van der Waals surface area contributed by atoms with Crippen molar-refractivity contribution in [3.05, 3.63) is 38.9 Å². The number of nitrogens with one attached hydrogen (secondary N) is 2. The van der Waals surface area contributed by atoms with Crippen molar-refractivity contribution in [1.82, 2.24) is 15.8 Å². The molecule has 2 aromatic rings. The fourth-order valence-corrected chi connectivity index (χ4v) is 3.66. The predicted octanol–water partition coefficient (Wildman–Crippen LogP) is 4.01. The molecule has 0 aliphatic carbocycles. The molecule has 140 valence electrons. The van der Waals surface area contributed by atoms with Crippen LogP contribution in [0.5, 0.6) is 0 Å². The average Bonchev–Trinajstić information content (AvgIpc) is 3.06. The Morgan fingerprint density at radius 1 is 1.32 bits per heavy atom. The Bertz CT molecular complexity index is 661. The summed E-state index contributed by atoms with van der Waals surface area (Å²) in [4.78, 5) is 7.45. The minimum absolute atomic E-state index is 0. The quantitative estimate of drug-likeness (QED) is 0.360. The highest BCUT2D eigenvalue weighted by Crippen LogP contribution is 2.16. The molecule has 0 saturated carbocycles. The molecule has 2 heterocycles. The van der Waals surface area contributed by atoms with Crippen LogP contribution in [0.3, 0.4) is 0 Å². The van der Waals surface area contributed by atoms with Crippen LogP contribution in [0.4, 0.5) is 0 Å². The van der Waals surface area contributed by atoms with Crippen molar-refractivity contribution in [2.24, 2.45) is 4.99 Å². The Labute approximate surface area is 171 Å². The number of aryl methyl sites for hydroxylation is 3. The number of rotatable bonds is 7. The summed E-state index contributed by atoms with van der Waals surface area (Å²) in [5.74, 6) is 1.76. The van der Waals surface area contributed by atoms with Gasteiger partial charge in [-0.05, 0) is 53.2 Å². The molecule has 0 saturated heterocycles. The fourth-order valence-electron chi connectivity index (χ4n) is 2.64. The summed E-state index contributed by atoms with van der Waals surface area (Å²) in [6, 6.07) is 4.72. The molecule has 0 fully saturated rings. The van der Waals surface area contributed by atoms with Gasteiger partial charge < -0.3 is 15.2 Å². The van der Waals surface area contributed by atoms with Crippen LogP contribution in [-0.2, 0) is 12.8 Å². The monoisotopic (exact) mass is 476 g/mol. The van der Waals surface area contributed by atoms with E-state index in [-0.39, 0.29) is 24.0 Å². The summed E-state index contributed by atoms with van der Waals surface area (Å²) < 4.78 is 5.20. The molecule has 7 heteroatoms. The van der Waals surface area contributed by atoms with E-state index in [9.17, 15) is 0 Å². The van der Waals surface area contributed by atoms with Crippen LogP contribution in [0.2, 0.25) is 0 Å². The number of aromatic nitrogens is 1. The van der Waals surface area contributed by atoms with E-state index >= 15 is 0 Å². The first kappa shape index (κ1) is 22.0. The molecule has 25 heavy (non-hydrogen) atoms. The first-order valence-corrected chi connectivity index (χ1v) is 9.33. The van der Waals surface area contributed by atoms with Gasteiger partial charge in [-0.2, -0.15) is 0 Å². The van der Waals surface area contributed by atoms with Crippen LogP contribution in [0, 0.1) is 20.8 Å². The third kappa shape index (κ3) is 6.97. The molecule has 0 aliphatic heterocycles. The minimum atomic E-state index is 0. The Kier molecular flexibility index (Phi) is 9.48. The number of aliphatic imine (C=N–C) groups is 1. The van der Waals surface area contributed by atoms with Gasteiger partial charge in [-0.1, -0.05) is 5.16 Å². The fraction of sp³-hybridized carbons (Fsp3) is 0.556. The second kappa shape index (κ2) is 10.8. The van der Waals surface area contributed by atoms with Crippen molar-refractivity contribution in [3.63, 3.8) is 0 Å². The van der Waals surface area contributed by atoms with Gasteiger partial charge in [0, 0.05) is 40.9 Å². The second-order valence-electron chi connectivity index (χ2n) is 6.08. The smallest absolute Gasteiger partial charge is 0.191 e. The number of hydrogen-bond donors (Lipinski definition) is 2. The first-order valence-electron chi connectivity index (χ1n) is 8.51. The lowest BCUT2D eigenvalue weighted by molar-refractivity contribution is 0.392. The predicted molar refractivity (Wildman–Crippen MR) is 116 cm³/mol. The van der Waals surface area contributed by atoms with E-state index in [0.29, 0.717) is 12.6 Å². The van der Waals surface area contributed by atoms with Gasteiger partial charge in [0.15, 0.2) is 5.96 Å². The van der Waals surface area contributed by atoms with Crippen LogP contribution in [0.15, 0.2) is 21.6 Å². The van der Waals surface area contributed by atoms with Crippen molar-refractivity contribution in [2.75, 3.05) is 13.1 Å². The van der Waals surface area contributed by atoms with Crippen LogP contribution >= 0.6 is 35.3 Å². The minimum Gasteiger partial charge on any atom is -0.361 e. The largest absolute Gasteiger partial charge is 0.361 e. The Morgan fingerprint density at radius 2 is 2.08 bits per heavy atom. The lowest BCUT2D eigenvalue weighted by atomic mass is 10.1. The molecule has 2 N–H and O–H groups in total. The summed E-state index contributed by atoms with van der Waals surface area (Å²) in [5.41, 5.74) is 2.12. The Hall–Kier alpha value is -1.09. The highest BCUT2D eigenvalue weighted by Gasteiger charge is 2.10. The first-order chi connectivity index (χ1) is 11.5. The van der Waals surface area contributed by atoms with Gasteiger partial charge >= 0.3 is 0 Å². The molecule has 0 radical (unpaired) electrons. The van der Waals surface area contributed by atoms with Crippen molar-refractivity contribution in [3.8, 4) is 0 Å². The van der Waals surface area contributed by atoms with Crippen LogP contribution in [0.1, 0.15) is 40.6 Å². The summed E-state index contributed by atoms with van der Waals surface area (Å²) >= 11 is 1.86. The van der Waals surface area contributed by atoms with Crippen molar-refractivity contribution < 1.29 is 4.52 Å². The maximum atomic E-state index is 5.20. The van der Waals surface area contributed by atoms with E-state index in [2.05, 4.69) is 53.7 Å². The number of guanidine groups is 1. The van der Waals surface area contributed by atoms with Gasteiger partial charge in [-0.3, -0.25) is 4.99 Å². The summed E-state index contributed by atoms with van der Waals surface area (Å²) in [6.07, 6.45) is 1.85. The number of nitrogens with zero attached hydrogens (tertiary/aromatic N) is 2. The van der Waals surface area contributed by atoms with Gasteiger partial charge in [0.2, 0.25) is 0 Å². The lowest BCUT2D eigenvalue weighted by Gasteiger charge is -2.17. The topological polar surface area (TPSA) is 62.5 Å². The zero-order chi connectivity index (χ0) is 17.5. The number of thiophene rings is 1. The molecule has 5 nitrogen and oxygen atoms in total. The zero-order valence-electron chi connectivity index (χ0n) is 15.7. The summed E-state index contributed by atoms with van der Waals surface area (Å²) in [7, 11) is 0. The van der Waals surface area contributed by atoms with E-state index < -0.39 is 0 Å². The van der Waals surface area contributed by atoms with Gasteiger partial charge in [0.25, 0.3) is 0 Å². The second-order valence-corrected chi connectivity index (χ2v) is 7.45. The van der Waals surface area contributed by atoms with Crippen molar-refractivity contribution in [2.45, 2.75) is 53.5 Å². The molecule has 0 bridgehead atoms. The van der Waals surface area contributed by atoms with Crippen molar-refractivity contribution >= 4 is 41.3 Å². The van der Waals surface area contributed by atoms with E-state index in [1.54, 1.807) is 0 Å². The van der Waals surface area contributed by atoms with E-state index in [4.69, 9.17) is 4.52 Å². The molecule has 1 unspecified atom stereocenters. The van der Waals surface area contributed by atoms with E-state index in [1.807, 2.05) is 25.2 Å². The molecular formula is C18H29IN4OS. The third-order valence-electron chi connectivity index (χ3n) is 3.84. The Morgan fingerprint density at radius 3 is 2.64 bits per heavy atom. The normalized spacial score (nSPS) is 12.6. The number of hydrogen-bond acceptors (Lipinski definition) is 4. The summed E-state index contributed by atoms with van der Waals surface area (Å²) in [5, 5.41) is 10.8. The summed E-state index contributed by atoms with van der Waals surface area (Å²) in [6.45, 7) is 11.9.